The van der Waals surface area contributed by atoms with Crippen LogP contribution in [0.3, 0.4) is 0 Å². The van der Waals surface area contributed by atoms with Gasteiger partial charge in [-0.3, -0.25) is 4.79 Å². The molecule has 2 rings (SSSR count). The Morgan fingerprint density at radius 3 is 2.73 bits per heavy atom. The molecule has 1 N–H and O–H groups in total. The Labute approximate surface area is 86.3 Å². The Hall–Kier alpha value is -1.97. The molecule has 0 aliphatic carbocycles. The van der Waals surface area contributed by atoms with Gasteiger partial charge in [-0.2, -0.15) is 0 Å². The summed E-state index contributed by atoms with van der Waals surface area (Å²) in [5, 5.41) is 2.53. The van der Waals surface area contributed by atoms with E-state index in [4.69, 9.17) is 0 Å². The Bertz CT molecular complexity index is 477. The van der Waals surface area contributed by atoms with Gasteiger partial charge < -0.3 is 5.32 Å². The number of nitrogens with one attached hydrogen (secondary N) is 1. The summed E-state index contributed by atoms with van der Waals surface area (Å²) in [5.41, 5.74) is 0.596. The van der Waals surface area contributed by atoms with Crippen molar-refractivity contribution < 1.29 is 9.18 Å². The van der Waals surface area contributed by atoms with Crippen LogP contribution in [0, 0.1) is 5.82 Å². The van der Waals surface area contributed by atoms with Gasteiger partial charge in [-0.1, -0.05) is 18.2 Å². The van der Waals surface area contributed by atoms with Gasteiger partial charge in [0.15, 0.2) is 0 Å². The highest BCUT2D eigenvalue weighted by molar-refractivity contribution is 6.13. The van der Waals surface area contributed by atoms with Crippen LogP contribution in [0.5, 0.6) is 0 Å². The van der Waals surface area contributed by atoms with E-state index in [9.17, 15) is 9.18 Å². The van der Waals surface area contributed by atoms with Crippen molar-refractivity contribution >= 4 is 17.8 Å². The smallest absolute Gasteiger partial charge is 0.275 e. The number of amidine groups is 1. The van der Waals surface area contributed by atoms with Gasteiger partial charge in [-0.05, 0) is 19.1 Å². The lowest BCUT2D eigenvalue weighted by Gasteiger charge is -1.95. The van der Waals surface area contributed by atoms with E-state index in [1.54, 1.807) is 25.1 Å². The lowest BCUT2D eigenvalue weighted by atomic mass is 10.2. The summed E-state index contributed by atoms with van der Waals surface area (Å²) < 4.78 is 13.2. The number of hydrogen-bond acceptors (Lipinski definition) is 2. The quantitative estimate of drug-likeness (QED) is 0.695. The fourth-order valence-corrected chi connectivity index (χ4v) is 1.33. The van der Waals surface area contributed by atoms with Crippen LogP contribution in [0.4, 0.5) is 4.39 Å². The van der Waals surface area contributed by atoms with Crippen LogP contribution in [0.1, 0.15) is 12.5 Å². The lowest BCUT2D eigenvalue weighted by molar-refractivity contribution is -0.115. The minimum absolute atomic E-state index is 0.234. The summed E-state index contributed by atoms with van der Waals surface area (Å²) in [7, 11) is 0. The predicted octanol–water partition coefficient (Wildman–Crippen LogP) is 1.71. The van der Waals surface area contributed by atoms with Gasteiger partial charge in [-0.15, -0.1) is 0 Å². The van der Waals surface area contributed by atoms with E-state index in [0.717, 1.165) is 0 Å². The molecule has 0 aromatic heterocycles. The third-order valence-electron chi connectivity index (χ3n) is 2.01. The third kappa shape index (κ3) is 1.93. The molecule has 1 aromatic carbocycles. The van der Waals surface area contributed by atoms with Crippen molar-refractivity contribution in [1.29, 1.82) is 0 Å². The molecule has 1 aliphatic heterocycles. The van der Waals surface area contributed by atoms with Gasteiger partial charge in [0, 0.05) is 5.56 Å². The molecule has 0 unspecified atom stereocenters. The molecule has 0 saturated heterocycles. The van der Waals surface area contributed by atoms with Crippen LogP contribution in [0.15, 0.2) is 35.0 Å². The first-order chi connectivity index (χ1) is 7.16. The Kier molecular flexibility index (Phi) is 2.33. The van der Waals surface area contributed by atoms with E-state index in [-0.39, 0.29) is 17.4 Å². The van der Waals surface area contributed by atoms with Crippen LogP contribution in [-0.4, -0.2) is 11.7 Å². The SMILES string of the molecule is CC1=N/C(=C\c2ccccc2F)C(=O)N1. The maximum atomic E-state index is 13.2. The lowest BCUT2D eigenvalue weighted by Crippen LogP contribution is -2.21. The number of amides is 1. The molecule has 0 saturated carbocycles. The van der Waals surface area contributed by atoms with Gasteiger partial charge in [-0.25, -0.2) is 9.38 Å². The topological polar surface area (TPSA) is 41.5 Å². The Morgan fingerprint density at radius 1 is 1.40 bits per heavy atom. The van der Waals surface area contributed by atoms with Gasteiger partial charge in [0.25, 0.3) is 5.91 Å². The average molecular weight is 204 g/mol. The molecule has 1 aliphatic rings. The summed E-state index contributed by atoms with van der Waals surface area (Å²) in [5.74, 6) is -0.129. The number of hydrogen-bond donors (Lipinski definition) is 1. The van der Waals surface area contributed by atoms with Gasteiger partial charge in [0.05, 0.1) is 0 Å². The first-order valence-corrected chi connectivity index (χ1v) is 4.50. The molecule has 0 spiro atoms. The second-order valence-corrected chi connectivity index (χ2v) is 3.20. The summed E-state index contributed by atoms with van der Waals surface area (Å²) >= 11 is 0. The van der Waals surface area contributed by atoms with Gasteiger partial charge in [0.2, 0.25) is 0 Å². The van der Waals surface area contributed by atoms with E-state index < -0.39 is 0 Å². The fourth-order valence-electron chi connectivity index (χ4n) is 1.33. The van der Waals surface area contributed by atoms with Crippen LogP contribution in [-0.2, 0) is 4.79 Å². The largest absolute Gasteiger partial charge is 0.309 e. The number of carbonyl (C=O) groups is 1. The predicted molar refractivity (Wildman–Crippen MR) is 55.6 cm³/mol. The summed E-state index contributed by atoms with van der Waals surface area (Å²) in [6, 6.07) is 6.24. The van der Waals surface area contributed by atoms with Crippen molar-refractivity contribution in [3.8, 4) is 0 Å². The van der Waals surface area contributed by atoms with Crippen molar-refractivity contribution in [2.24, 2.45) is 4.99 Å². The summed E-state index contributed by atoms with van der Waals surface area (Å²) in [6.45, 7) is 1.68. The standard InChI is InChI=1S/C11H9FN2O/c1-7-13-10(11(15)14-7)6-8-4-2-3-5-9(8)12/h2-6H,1H3,(H,13,14,15)/b10-6-. The van der Waals surface area contributed by atoms with E-state index in [0.29, 0.717) is 11.4 Å². The van der Waals surface area contributed by atoms with E-state index in [2.05, 4.69) is 10.3 Å². The minimum atomic E-state index is -0.363. The van der Waals surface area contributed by atoms with Crippen molar-refractivity contribution in [2.75, 3.05) is 0 Å². The Morgan fingerprint density at radius 2 is 2.13 bits per heavy atom. The van der Waals surface area contributed by atoms with Crippen LogP contribution < -0.4 is 5.32 Å². The van der Waals surface area contributed by atoms with Gasteiger partial charge >= 0.3 is 0 Å². The van der Waals surface area contributed by atoms with Crippen molar-refractivity contribution in [2.45, 2.75) is 6.92 Å². The second-order valence-electron chi connectivity index (χ2n) is 3.20. The number of nitrogens with zero attached hydrogens (tertiary/aromatic N) is 1. The highest BCUT2D eigenvalue weighted by Gasteiger charge is 2.16. The van der Waals surface area contributed by atoms with Crippen molar-refractivity contribution in [3.63, 3.8) is 0 Å². The molecular formula is C11H9FN2O. The maximum absolute atomic E-state index is 13.2. The molecule has 0 atom stereocenters. The third-order valence-corrected chi connectivity index (χ3v) is 2.01. The van der Waals surface area contributed by atoms with Crippen molar-refractivity contribution in [3.05, 3.63) is 41.3 Å². The molecule has 15 heavy (non-hydrogen) atoms. The molecule has 3 nitrogen and oxygen atoms in total. The number of aliphatic imine (C=N–C) groups is 1. The zero-order valence-electron chi connectivity index (χ0n) is 8.12. The number of carbonyl (C=O) groups excluding carboxylic acids is 1. The molecule has 0 fully saturated rings. The molecule has 1 amide bonds. The normalized spacial score (nSPS) is 17.9. The van der Waals surface area contributed by atoms with Crippen LogP contribution >= 0.6 is 0 Å². The summed E-state index contributed by atoms with van der Waals surface area (Å²) in [4.78, 5) is 15.2. The average Bonchev–Trinajstić information content (AvgIpc) is 2.49. The maximum Gasteiger partial charge on any atom is 0.275 e. The molecule has 76 valence electrons. The van der Waals surface area contributed by atoms with E-state index >= 15 is 0 Å². The highest BCUT2D eigenvalue weighted by atomic mass is 19.1. The first-order valence-electron chi connectivity index (χ1n) is 4.50. The highest BCUT2D eigenvalue weighted by Crippen LogP contribution is 2.14. The van der Waals surface area contributed by atoms with E-state index in [1.807, 2.05) is 0 Å². The molecular weight excluding hydrogens is 195 g/mol. The zero-order chi connectivity index (χ0) is 10.8. The number of halogens is 1. The number of rotatable bonds is 1. The summed E-state index contributed by atoms with van der Waals surface area (Å²) in [6.07, 6.45) is 1.43. The van der Waals surface area contributed by atoms with Crippen LogP contribution in [0.2, 0.25) is 0 Å². The molecule has 4 heteroatoms. The Balaban J connectivity index is 2.39. The van der Waals surface area contributed by atoms with Crippen LogP contribution in [0.25, 0.3) is 6.08 Å². The van der Waals surface area contributed by atoms with Crippen molar-refractivity contribution in [1.82, 2.24) is 5.32 Å². The molecule has 1 heterocycles. The number of benzene rings is 1. The molecule has 0 bridgehead atoms. The zero-order valence-corrected chi connectivity index (χ0v) is 8.12. The fraction of sp³-hybridized carbons (Fsp3) is 0.0909. The second kappa shape index (κ2) is 3.65. The molecule has 1 aromatic rings. The first kappa shape index (κ1) is 9.58. The van der Waals surface area contributed by atoms with Gasteiger partial charge in [0.1, 0.15) is 17.3 Å². The van der Waals surface area contributed by atoms with E-state index in [1.165, 1.54) is 12.1 Å². The minimum Gasteiger partial charge on any atom is -0.309 e. The monoisotopic (exact) mass is 204 g/mol. The molecule has 0 radical (unpaired) electrons.